The SMILES string of the molecule is CC1Oc2ccc(C(C(=O)O)N(C)C)cc2NC1=O. The van der Waals surface area contributed by atoms with Crippen LogP contribution >= 0.6 is 0 Å². The number of amides is 1. The van der Waals surface area contributed by atoms with Gasteiger partial charge in [0.1, 0.15) is 11.8 Å². The molecule has 0 saturated heterocycles. The van der Waals surface area contributed by atoms with Crippen molar-refractivity contribution in [2.45, 2.75) is 19.1 Å². The third-order valence-corrected chi connectivity index (χ3v) is 3.00. The number of aliphatic carboxylic acids is 1. The van der Waals surface area contributed by atoms with Crippen LogP contribution in [0.2, 0.25) is 0 Å². The van der Waals surface area contributed by atoms with Crippen LogP contribution in [0.15, 0.2) is 18.2 Å². The number of carboxylic acid groups (broad SMARTS) is 1. The lowest BCUT2D eigenvalue weighted by atomic mass is 10.0. The highest BCUT2D eigenvalue weighted by Crippen LogP contribution is 2.33. The molecule has 0 fully saturated rings. The Bertz CT molecular complexity index is 527. The van der Waals surface area contributed by atoms with Gasteiger partial charge in [-0.2, -0.15) is 0 Å². The van der Waals surface area contributed by atoms with E-state index in [2.05, 4.69) is 5.32 Å². The van der Waals surface area contributed by atoms with Crippen molar-refractivity contribution in [3.8, 4) is 5.75 Å². The van der Waals surface area contributed by atoms with Gasteiger partial charge < -0.3 is 15.2 Å². The minimum atomic E-state index is -0.943. The molecule has 0 saturated carbocycles. The summed E-state index contributed by atoms with van der Waals surface area (Å²) in [6.07, 6.45) is -0.539. The first-order chi connectivity index (χ1) is 8.90. The van der Waals surface area contributed by atoms with Gasteiger partial charge in [0.25, 0.3) is 5.91 Å². The van der Waals surface area contributed by atoms with E-state index in [1.54, 1.807) is 44.1 Å². The number of carbonyl (C=O) groups excluding carboxylic acids is 1. The Morgan fingerprint density at radius 3 is 2.74 bits per heavy atom. The predicted molar refractivity (Wildman–Crippen MR) is 69.2 cm³/mol. The molecule has 19 heavy (non-hydrogen) atoms. The number of nitrogens with zero attached hydrogens (tertiary/aromatic N) is 1. The molecule has 6 nitrogen and oxygen atoms in total. The number of ether oxygens (including phenoxy) is 1. The average Bonchev–Trinajstić information content (AvgIpc) is 2.30. The number of anilines is 1. The molecule has 2 atom stereocenters. The van der Waals surface area contributed by atoms with Crippen molar-refractivity contribution in [1.82, 2.24) is 4.90 Å². The zero-order chi connectivity index (χ0) is 14.2. The maximum absolute atomic E-state index is 11.5. The van der Waals surface area contributed by atoms with Crippen LogP contribution in [0.3, 0.4) is 0 Å². The molecule has 1 aliphatic heterocycles. The van der Waals surface area contributed by atoms with Crippen LogP contribution < -0.4 is 10.1 Å². The van der Waals surface area contributed by atoms with Crippen molar-refractivity contribution in [2.24, 2.45) is 0 Å². The van der Waals surface area contributed by atoms with Gasteiger partial charge in [0.2, 0.25) is 0 Å². The van der Waals surface area contributed by atoms with E-state index in [0.29, 0.717) is 17.0 Å². The summed E-state index contributed by atoms with van der Waals surface area (Å²) in [4.78, 5) is 24.4. The molecule has 1 aromatic rings. The summed E-state index contributed by atoms with van der Waals surface area (Å²) >= 11 is 0. The van der Waals surface area contributed by atoms with Crippen molar-refractivity contribution in [1.29, 1.82) is 0 Å². The molecule has 1 aromatic carbocycles. The highest BCUT2D eigenvalue weighted by molar-refractivity contribution is 5.97. The van der Waals surface area contributed by atoms with Gasteiger partial charge in [-0.05, 0) is 38.7 Å². The highest BCUT2D eigenvalue weighted by atomic mass is 16.5. The summed E-state index contributed by atoms with van der Waals surface area (Å²) in [7, 11) is 3.38. The Kier molecular flexibility index (Phi) is 3.44. The third kappa shape index (κ3) is 2.53. The number of likely N-dealkylation sites (N-methyl/N-ethyl adjacent to an activating group) is 1. The molecule has 102 valence electrons. The van der Waals surface area contributed by atoms with E-state index >= 15 is 0 Å². The van der Waals surface area contributed by atoms with Gasteiger partial charge in [0.05, 0.1) is 5.69 Å². The number of rotatable bonds is 3. The maximum atomic E-state index is 11.5. The Morgan fingerprint density at radius 2 is 2.16 bits per heavy atom. The first-order valence-electron chi connectivity index (χ1n) is 5.91. The van der Waals surface area contributed by atoms with Gasteiger partial charge in [0.15, 0.2) is 6.10 Å². The third-order valence-electron chi connectivity index (χ3n) is 3.00. The molecule has 0 radical (unpaired) electrons. The molecule has 1 amide bonds. The van der Waals surface area contributed by atoms with Crippen molar-refractivity contribution >= 4 is 17.6 Å². The smallest absolute Gasteiger partial charge is 0.325 e. The number of hydrogen-bond acceptors (Lipinski definition) is 4. The zero-order valence-corrected chi connectivity index (χ0v) is 11.0. The molecule has 0 bridgehead atoms. The highest BCUT2D eigenvalue weighted by Gasteiger charge is 2.27. The normalized spacial score (nSPS) is 19.4. The quantitative estimate of drug-likeness (QED) is 0.854. The van der Waals surface area contributed by atoms with Crippen LogP contribution in [0.25, 0.3) is 0 Å². The fourth-order valence-corrected chi connectivity index (χ4v) is 2.06. The fraction of sp³-hybridized carbons (Fsp3) is 0.385. The molecular formula is C13H16N2O4. The van der Waals surface area contributed by atoms with Crippen LogP contribution in [0.5, 0.6) is 5.75 Å². The standard InChI is InChI=1S/C13H16N2O4/c1-7-12(16)14-9-6-8(4-5-10(9)19-7)11(13(17)18)15(2)3/h4-7,11H,1-3H3,(H,14,16)(H,17,18). The summed E-state index contributed by atoms with van der Waals surface area (Å²) in [6.45, 7) is 1.66. The molecule has 0 aliphatic carbocycles. The minimum Gasteiger partial charge on any atom is -0.480 e. The first kappa shape index (κ1) is 13.4. The molecule has 0 aromatic heterocycles. The zero-order valence-electron chi connectivity index (χ0n) is 11.0. The largest absolute Gasteiger partial charge is 0.480 e. The van der Waals surface area contributed by atoms with E-state index in [1.165, 1.54) is 0 Å². The number of fused-ring (bicyclic) bond motifs is 1. The fourth-order valence-electron chi connectivity index (χ4n) is 2.06. The Balaban J connectivity index is 2.38. The summed E-state index contributed by atoms with van der Waals surface area (Å²) in [5.41, 5.74) is 1.10. The van der Waals surface area contributed by atoms with E-state index in [-0.39, 0.29) is 5.91 Å². The Hall–Kier alpha value is -2.08. The second-order valence-corrected chi connectivity index (χ2v) is 4.71. The Morgan fingerprint density at radius 1 is 1.47 bits per heavy atom. The van der Waals surface area contributed by atoms with Crippen molar-refractivity contribution < 1.29 is 19.4 Å². The number of carboxylic acids is 1. The van der Waals surface area contributed by atoms with Gasteiger partial charge in [-0.1, -0.05) is 6.07 Å². The van der Waals surface area contributed by atoms with Gasteiger partial charge >= 0.3 is 5.97 Å². The monoisotopic (exact) mass is 264 g/mol. The second kappa shape index (κ2) is 4.89. The van der Waals surface area contributed by atoms with Crippen LogP contribution in [-0.2, 0) is 9.59 Å². The van der Waals surface area contributed by atoms with Crippen LogP contribution in [-0.4, -0.2) is 42.1 Å². The number of benzene rings is 1. The van der Waals surface area contributed by atoms with Gasteiger partial charge in [-0.3, -0.25) is 14.5 Å². The van der Waals surface area contributed by atoms with Crippen LogP contribution in [0, 0.1) is 0 Å². The molecule has 2 N–H and O–H groups in total. The molecule has 0 spiro atoms. The second-order valence-electron chi connectivity index (χ2n) is 4.71. The number of carbonyl (C=O) groups is 2. The summed E-state index contributed by atoms with van der Waals surface area (Å²) in [5, 5.41) is 11.9. The molecule has 2 rings (SSSR count). The minimum absolute atomic E-state index is 0.235. The van der Waals surface area contributed by atoms with Gasteiger partial charge in [-0.15, -0.1) is 0 Å². The average molecular weight is 264 g/mol. The Labute approximate surface area is 111 Å². The van der Waals surface area contributed by atoms with Crippen molar-refractivity contribution in [3.63, 3.8) is 0 Å². The molecule has 1 heterocycles. The first-order valence-corrected chi connectivity index (χ1v) is 5.91. The molecular weight excluding hydrogens is 248 g/mol. The van der Waals surface area contributed by atoms with Crippen molar-refractivity contribution in [2.75, 3.05) is 19.4 Å². The molecule has 2 unspecified atom stereocenters. The summed E-state index contributed by atoms with van der Waals surface area (Å²) < 4.78 is 5.43. The van der Waals surface area contributed by atoms with E-state index in [9.17, 15) is 14.7 Å². The van der Waals surface area contributed by atoms with E-state index in [0.717, 1.165) is 0 Å². The lowest BCUT2D eigenvalue weighted by Gasteiger charge is -2.26. The van der Waals surface area contributed by atoms with Gasteiger partial charge in [-0.25, -0.2) is 0 Å². The lowest BCUT2D eigenvalue weighted by Crippen LogP contribution is -2.34. The number of hydrogen-bond donors (Lipinski definition) is 2. The van der Waals surface area contributed by atoms with Crippen molar-refractivity contribution in [3.05, 3.63) is 23.8 Å². The lowest BCUT2D eigenvalue weighted by molar-refractivity contribution is -0.142. The summed E-state index contributed by atoms with van der Waals surface area (Å²) in [6, 6.07) is 4.25. The predicted octanol–water partition coefficient (Wildman–Crippen LogP) is 1.09. The molecule has 6 heteroatoms. The van der Waals surface area contributed by atoms with Crippen LogP contribution in [0.1, 0.15) is 18.5 Å². The molecule has 1 aliphatic rings. The number of nitrogens with one attached hydrogen (secondary N) is 1. The van der Waals surface area contributed by atoms with E-state index in [4.69, 9.17) is 4.74 Å². The van der Waals surface area contributed by atoms with Crippen LogP contribution in [0.4, 0.5) is 5.69 Å². The van der Waals surface area contributed by atoms with Gasteiger partial charge in [0, 0.05) is 0 Å². The summed E-state index contributed by atoms with van der Waals surface area (Å²) in [5.74, 6) is -0.624. The van der Waals surface area contributed by atoms with E-state index in [1.807, 2.05) is 0 Å². The topological polar surface area (TPSA) is 78.9 Å². The van der Waals surface area contributed by atoms with E-state index < -0.39 is 18.1 Å². The maximum Gasteiger partial charge on any atom is 0.325 e.